The van der Waals surface area contributed by atoms with Gasteiger partial charge in [0.15, 0.2) is 5.82 Å². The molecule has 0 aliphatic heterocycles. The van der Waals surface area contributed by atoms with Gasteiger partial charge in [-0.3, -0.25) is 4.98 Å². The molecule has 9 aromatic rings. The minimum atomic E-state index is 0.686. The minimum absolute atomic E-state index is 0.686. The number of hydrogen-bond donors (Lipinski definition) is 0. The van der Waals surface area contributed by atoms with Gasteiger partial charge in [-0.15, -0.1) is 0 Å². The van der Waals surface area contributed by atoms with E-state index in [-0.39, 0.29) is 0 Å². The summed E-state index contributed by atoms with van der Waals surface area (Å²) in [6, 6.07) is 58.3. The van der Waals surface area contributed by atoms with E-state index in [4.69, 9.17) is 9.97 Å². The topological polar surface area (TPSA) is 38.7 Å². The molecule has 0 radical (unpaired) electrons. The molecule has 2 aromatic heterocycles. The lowest BCUT2D eigenvalue weighted by Gasteiger charge is -2.19. The standard InChI is InChI=1S/C52H39N3/c1-3-35(41-23-16-30-53-34-41)31-36(4-2)48-33-49(38-18-6-5-7-19-38)55-52(54-48)40-22-14-21-39(32-40)50-44-25-10-12-27-46(44)51(47-28-13-11-26-45(47)50)43-29-15-20-37-17-8-9-24-42(37)43/h4-34H,3H2,1-2H3/b35-31+,36-4+. The Morgan fingerprint density at radius 3 is 1.85 bits per heavy atom. The molecule has 0 atom stereocenters. The Hall–Kier alpha value is -6.97. The largest absolute Gasteiger partial charge is 0.264 e. The second-order valence-corrected chi connectivity index (χ2v) is 13.8. The van der Waals surface area contributed by atoms with Crippen molar-refractivity contribution in [3.63, 3.8) is 0 Å². The summed E-state index contributed by atoms with van der Waals surface area (Å²) in [6.07, 6.45) is 8.99. The highest BCUT2D eigenvalue weighted by Gasteiger charge is 2.19. The lowest BCUT2D eigenvalue weighted by atomic mass is 9.84. The summed E-state index contributed by atoms with van der Waals surface area (Å²) in [4.78, 5) is 14.9. The molecule has 0 saturated heterocycles. The maximum atomic E-state index is 5.28. The monoisotopic (exact) mass is 705 g/mol. The summed E-state index contributed by atoms with van der Waals surface area (Å²) < 4.78 is 0. The number of fused-ring (bicyclic) bond motifs is 3. The minimum Gasteiger partial charge on any atom is -0.264 e. The van der Waals surface area contributed by atoms with E-state index < -0.39 is 0 Å². The molecule has 0 spiro atoms. The first-order valence-corrected chi connectivity index (χ1v) is 18.9. The van der Waals surface area contributed by atoms with Crippen molar-refractivity contribution in [1.82, 2.24) is 15.0 Å². The summed E-state index contributed by atoms with van der Waals surface area (Å²) >= 11 is 0. The van der Waals surface area contributed by atoms with Gasteiger partial charge in [0.25, 0.3) is 0 Å². The lowest BCUT2D eigenvalue weighted by Crippen LogP contribution is -1.99. The maximum Gasteiger partial charge on any atom is 0.160 e. The SMILES string of the molecule is C/C=C(\C=C(/CC)c1cccnc1)c1cc(-c2ccccc2)nc(-c2cccc(-c3c4ccccc4c(-c4cccc5ccccc45)c4ccccc34)c2)n1. The molecule has 7 aromatic carbocycles. The third-order valence-electron chi connectivity index (χ3n) is 10.5. The first-order valence-electron chi connectivity index (χ1n) is 18.9. The molecular formula is C52H39N3. The van der Waals surface area contributed by atoms with Gasteiger partial charge in [0.05, 0.1) is 11.4 Å². The van der Waals surface area contributed by atoms with Gasteiger partial charge in [-0.1, -0.05) is 159 Å². The molecular weight excluding hydrogens is 667 g/mol. The number of pyridine rings is 1. The summed E-state index contributed by atoms with van der Waals surface area (Å²) in [5.74, 6) is 0.686. The van der Waals surface area contributed by atoms with Gasteiger partial charge >= 0.3 is 0 Å². The van der Waals surface area contributed by atoms with E-state index >= 15 is 0 Å². The average molecular weight is 706 g/mol. The lowest BCUT2D eigenvalue weighted by molar-refractivity contribution is 1.15. The van der Waals surface area contributed by atoms with E-state index in [1.807, 2.05) is 24.5 Å². The highest BCUT2D eigenvalue weighted by atomic mass is 14.9. The zero-order chi connectivity index (χ0) is 37.1. The van der Waals surface area contributed by atoms with Gasteiger partial charge < -0.3 is 0 Å². The van der Waals surface area contributed by atoms with Gasteiger partial charge in [-0.2, -0.15) is 0 Å². The summed E-state index contributed by atoms with van der Waals surface area (Å²) in [7, 11) is 0. The molecule has 2 heterocycles. The van der Waals surface area contributed by atoms with Crippen molar-refractivity contribution in [1.29, 1.82) is 0 Å². The van der Waals surface area contributed by atoms with Crippen LogP contribution >= 0.6 is 0 Å². The van der Waals surface area contributed by atoms with Gasteiger partial charge in [-0.05, 0) is 109 Å². The van der Waals surface area contributed by atoms with E-state index in [1.165, 1.54) is 54.6 Å². The van der Waals surface area contributed by atoms with Crippen LogP contribution in [0.3, 0.4) is 0 Å². The van der Waals surface area contributed by atoms with Crippen molar-refractivity contribution >= 4 is 43.5 Å². The Bertz CT molecular complexity index is 2840. The van der Waals surface area contributed by atoms with Crippen LogP contribution in [0, 0.1) is 0 Å². The highest BCUT2D eigenvalue weighted by molar-refractivity contribution is 6.23. The molecule has 0 unspecified atom stereocenters. The van der Waals surface area contributed by atoms with E-state index in [0.717, 1.165) is 45.6 Å². The van der Waals surface area contributed by atoms with Crippen LogP contribution < -0.4 is 0 Å². The van der Waals surface area contributed by atoms with Crippen molar-refractivity contribution < 1.29 is 0 Å². The Labute approximate surface area is 322 Å². The predicted octanol–water partition coefficient (Wildman–Crippen LogP) is 13.9. The Kier molecular flexibility index (Phi) is 9.11. The van der Waals surface area contributed by atoms with E-state index in [0.29, 0.717) is 5.82 Å². The van der Waals surface area contributed by atoms with E-state index in [2.05, 4.69) is 183 Å². The van der Waals surface area contributed by atoms with Gasteiger partial charge in [0, 0.05) is 23.5 Å². The summed E-state index contributed by atoms with van der Waals surface area (Å²) in [5, 5.41) is 7.37. The molecule has 0 amide bonds. The number of nitrogens with zero attached hydrogens (tertiary/aromatic N) is 3. The fraction of sp³-hybridized carbons (Fsp3) is 0.0577. The quantitative estimate of drug-likeness (QED) is 0.117. The molecule has 262 valence electrons. The number of benzene rings is 7. The Balaban J connectivity index is 1.24. The van der Waals surface area contributed by atoms with Crippen LogP contribution in [0.4, 0.5) is 0 Å². The molecule has 0 aliphatic carbocycles. The van der Waals surface area contributed by atoms with Gasteiger partial charge in [0.2, 0.25) is 0 Å². The first-order chi connectivity index (χ1) is 27.2. The van der Waals surface area contributed by atoms with Crippen molar-refractivity contribution in [2.75, 3.05) is 0 Å². The smallest absolute Gasteiger partial charge is 0.160 e. The van der Waals surface area contributed by atoms with E-state index in [9.17, 15) is 0 Å². The van der Waals surface area contributed by atoms with Gasteiger partial charge in [-0.25, -0.2) is 9.97 Å². The third kappa shape index (κ3) is 6.40. The zero-order valence-corrected chi connectivity index (χ0v) is 30.9. The fourth-order valence-electron chi connectivity index (χ4n) is 7.90. The van der Waals surface area contributed by atoms with Crippen LogP contribution in [0.25, 0.3) is 88.4 Å². The van der Waals surface area contributed by atoms with Crippen molar-refractivity contribution in [2.24, 2.45) is 0 Å². The van der Waals surface area contributed by atoms with Crippen molar-refractivity contribution in [3.8, 4) is 44.9 Å². The molecule has 55 heavy (non-hydrogen) atoms. The maximum absolute atomic E-state index is 5.28. The van der Waals surface area contributed by atoms with Crippen LogP contribution in [0.1, 0.15) is 31.5 Å². The second-order valence-electron chi connectivity index (χ2n) is 13.8. The Morgan fingerprint density at radius 2 is 1.16 bits per heavy atom. The van der Waals surface area contributed by atoms with Crippen LogP contribution in [0.5, 0.6) is 0 Å². The predicted molar refractivity (Wildman–Crippen MR) is 232 cm³/mol. The van der Waals surface area contributed by atoms with Crippen LogP contribution in [-0.2, 0) is 0 Å². The van der Waals surface area contributed by atoms with Crippen LogP contribution in [0.2, 0.25) is 0 Å². The van der Waals surface area contributed by atoms with Crippen molar-refractivity contribution in [2.45, 2.75) is 20.3 Å². The molecule has 0 N–H and O–H groups in total. The van der Waals surface area contributed by atoms with Gasteiger partial charge in [0.1, 0.15) is 0 Å². The van der Waals surface area contributed by atoms with E-state index in [1.54, 1.807) is 0 Å². The second kappa shape index (κ2) is 14.8. The molecule has 0 fully saturated rings. The average Bonchev–Trinajstić information content (AvgIpc) is 3.26. The molecule has 3 nitrogen and oxygen atoms in total. The first kappa shape index (κ1) is 33.8. The molecule has 0 aliphatic rings. The number of hydrogen-bond acceptors (Lipinski definition) is 3. The summed E-state index contributed by atoms with van der Waals surface area (Å²) in [5.41, 5.74) is 12.0. The fourth-order valence-corrected chi connectivity index (χ4v) is 7.90. The molecule has 0 saturated carbocycles. The number of rotatable bonds is 8. The molecule has 9 rings (SSSR count). The van der Waals surface area contributed by atoms with Crippen LogP contribution in [-0.4, -0.2) is 15.0 Å². The summed E-state index contributed by atoms with van der Waals surface area (Å²) in [6.45, 7) is 4.26. The van der Waals surface area contributed by atoms with Crippen LogP contribution in [0.15, 0.2) is 188 Å². The normalized spacial score (nSPS) is 12.1. The number of allylic oxidation sites excluding steroid dienone is 4. The molecule has 3 heteroatoms. The third-order valence-corrected chi connectivity index (χ3v) is 10.5. The molecule has 0 bridgehead atoms. The van der Waals surface area contributed by atoms with Crippen molar-refractivity contribution in [3.05, 3.63) is 200 Å². The zero-order valence-electron chi connectivity index (χ0n) is 30.9. The number of aromatic nitrogens is 3. The Morgan fingerprint density at radius 1 is 0.545 bits per heavy atom. The highest BCUT2D eigenvalue weighted by Crippen LogP contribution is 2.45.